The Morgan fingerprint density at radius 1 is 1.29 bits per heavy atom. The normalized spacial score (nSPS) is 17.4. The van der Waals surface area contributed by atoms with Crippen LogP contribution in [0.15, 0.2) is 30.3 Å². The highest BCUT2D eigenvalue weighted by Crippen LogP contribution is 2.04. The van der Waals surface area contributed by atoms with E-state index in [-0.39, 0.29) is 0 Å². The fraction of sp³-hybridized carbons (Fsp3) is 0.333. The van der Waals surface area contributed by atoms with Crippen LogP contribution in [-0.2, 0) is 17.5 Å². The highest BCUT2D eigenvalue weighted by Gasteiger charge is 2.18. The summed E-state index contributed by atoms with van der Waals surface area (Å²) in [4.78, 5) is 0. The summed E-state index contributed by atoms with van der Waals surface area (Å²) in [5.74, 6) is 0. The Bertz CT molecular complexity index is 305. The van der Waals surface area contributed by atoms with Crippen molar-refractivity contribution >= 4 is 11.1 Å². The summed E-state index contributed by atoms with van der Waals surface area (Å²) in [6.07, 6.45) is 0.508. The summed E-state index contributed by atoms with van der Waals surface area (Å²) in [5, 5.41) is -0.893. The lowest BCUT2D eigenvalue weighted by Gasteiger charge is -2.16. The molecule has 5 N–H and O–H groups in total. The van der Waals surface area contributed by atoms with E-state index in [1.807, 2.05) is 30.3 Å². The van der Waals surface area contributed by atoms with Gasteiger partial charge in [0.25, 0.3) is 0 Å². The van der Waals surface area contributed by atoms with Gasteiger partial charge in [-0.05, 0) is 12.0 Å². The molecule has 0 saturated heterocycles. The zero-order valence-electron chi connectivity index (χ0n) is 7.67. The molecule has 0 heterocycles. The third-order valence-electron chi connectivity index (χ3n) is 1.97. The Labute approximate surface area is 85.6 Å². The van der Waals surface area contributed by atoms with Gasteiger partial charge in [0.05, 0.1) is 0 Å². The van der Waals surface area contributed by atoms with E-state index >= 15 is 0 Å². The first kappa shape index (κ1) is 11.3. The van der Waals surface area contributed by atoms with E-state index < -0.39 is 22.5 Å². The van der Waals surface area contributed by atoms with Gasteiger partial charge in [-0.25, -0.2) is 4.21 Å². The van der Waals surface area contributed by atoms with Crippen molar-refractivity contribution in [2.45, 2.75) is 17.8 Å². The molecule has 1 aromatic carbocycles. The second-order valence-corrected chi connectivity index (χ2v) is 4.19. The lowest BCUT2D eigenvalue weighted by Crippen LogP contribution is -2.45. The number of benzene rings is 1. The summed E-state index contributed by atoms with van der Waals surface area (Å²) in [6.45, 7) is 0. The quantitative estimate of drug-likeness (QED) is 0.618. The van der Waals surface area contributed by atoms with Crippen LogP contribution in [0, 0.1) is 0 Å². The number of hydrogen-bond donors (Lipinski definition) is 3. The van der Waals surface area contributed by atoms with Gasteiger partial charge in [0.2, 0.25) is 0 Å². The molecular formula is C9H14N2O2S. The Morgan fingerprint density at radius 2 is 1.86 bits per heavy atom. The van der Waals surface area contributed by atoms with E-state index in [1.165, 1.54) is 0 Å². The van der Waals surface area contributed by atoms with Gasteiger partial charge in [0, 0.05) is 6.04 Å². The highest BCUT2D eigenvalue weighted by molar-refractivity contribution is 7.79. The van der Waals surface area contributed by atoms with E-state index in [9.17, 15) is 4.21 Å². The van der Waals surface area contributed by atoms with E-state index in [4.69, 9.17) is 16.0 Å². The first-order valence-electron chi connectivity index (χ1n) is 4.26. The molecule has 0 amide bonds. The molecule has 0 radical (unpaired) electrons. The third kappa shape index (κ3) is 3.19. The Balaban J connectivity index is 2.57. The summed E-state index contributed by atoms with van der Waals surface area (Å²) >= 11 is -2.06. The van der Waals surface area contributed by atoms with Crippen LogP contribution < -0.4 is 11.5 Å². The maximum atomic E-state index is 10.6. The molecule has 1 rings (SSSR count). The molecular weight excluding hydrogens is 200 g/mol. The van der Waals surface area contributed by atoms with E-state index in [1.54, 1.807) is 0 Å². The van der Waals surface area contributed by atoms with Crippen LogP contribution in [0.1, 0.15) is 5.56 Å². The standard InChI is InChI=1S/C9H14N2O2S/c10-8(9(11)14(12)13)6-7-4-2-1-3-5-7/h1-5,8-9H,6,10-11H2,(H,12,13). The zero-order chi connectivity index (χ0) is 10.6. The van der Waals surface area contributed by atoms with E-state index in [0.717, 1.165) is 5.56 Å². The Morgan fingerprint density at radius 3 is 2.36 bits per heavy atom. The molecule has 0 aliphatic rings. The van der Waals surface area contributed by atoms with Crippen LogP contribution in [-0.4, -0.2) is 20.2 Å². The number of nitrogens with two attached hydrogens (primary N) is 2. The average molecular weight is 214 g/mol. The predicted molar refractivity (Wildman–Crippen MR) is 56.9 cm³/mol. The van der Waals surface area contributed by atoms with Crippen molar-refractivity contribution < 1.29 is 8.76 Å². The molecule has 0 spiro atoms. The summed E-state index contributed by atoms with van der Waals surface area (Å²) in [6, 6.07) is 9.01. The summed E-state index contributed by atoms with van der Waals surface area (Å²) in [7, 11) is 0. The highest BCUT2D eigenvalue weighted by atomic mass is 32.2. The molecule has 3 unspecified atom stereocenters. The maximum absolute atomic E-state index is 10.6. The molecule has 0 saturated carbocycles. The van der Waals surface area contributed by atoms with Gasteiger partial charge >= 0.3 is 0 Å². The molecule has 0 aromatic heterocycles. The van der Waals surface area contributed by atoms with Crippen molar-refractivity contribution in [1.82, 2.24) is 0 Å². The van der Waals surface area contributed by atoms with Crippen molar-refractivity contribution in [2.75, 3.05) is 0 Å². The monoisotopic (exact) mass is 214 g/mol. The van der Waals surface area contributed by atoms with E-state index in [0.29, 0.717) is 6.42 Å². The molecule has 0 bridgehead atoms. The van der Waals surface area contributed by atoms with Gasteiger partial charge in [0.15, 0.2) is 11.1 Å². The summed E-state index contributed by atoms with van der Waals surface area (Å²) < 4.78 is 19.4. The van der Waals surface area contributed by atoms with Crippen LogP contribution in [0.4, 0.5) is 0 Å². The van der Waals surface area contributed by atoms with Gasteiger partial charge in [-0.3, -0.25) is 0 Å². The molecule has 4 nitrogen and oxygen atoms in total. The molecule has 0 fully saturated rings. The predicted octanol–water partition coefficient (Wildman–Crippen LogP) is 0.0629. The molecule has 3 atom stereocenters. The van der Waals surface area contributed by atoms with Crippen molar-refractivity contribution in [3.05, 3.63) is 35.9 Å². The first-order chi connectivity index (χ1) is 6.61. The van der Waals surface area contributed by atoms with Gasteiger partial charge < -0.3 is 16.0 Å². The van der Waals surface area contributed by atoms with Crippen LogP contribution in [0.25, 0.3) is 0 Å². The fourth-order valence-electron chi connectivity index (χ4n) is 1.15. The minimum Gasteiger partial charge on any atom is -0.325 e. The Hall–Kier alpha value is -0.750. The second kappa shape index (κ2) is 5.21. The van der Waals surface area contributed by atoms with E-state index in [2.05, 4.69) is 0 Å². The average Bonchev–Trinajstić information content (AvgIpc) is 2.18. The fourth-order valence-corrected chi connectivity index (χ4v) is 1.55. The van der Waals surface area contributed by atoms with Gasteiger partial charge in [-0.2, -0.15) is 0 Å². The van der Waals surface area contributed by atoms with Gasteiger partial charge in [0.1, 0.15) is 5.37 Å². The SMILES string of the molecule is NC(Cc1ccccc1)C(N)S(=O)O. The first-order valence-corrected chi connectivity index (χ1v) is 5.43. The van der Waals surface area contributed by atoms with Crippen molar-refractivity contribution in [1.29, 1.82) is 0 Å². The molecule has 5 heteroatoms. The molecule has 78 valence electrons. The number of hydrogen-bond acceptors (Lipinski definition) is 3. The van der Waals surface area contributed by atoms with Gasteiger partial charge in [-0.15, -0.1) is 0 Å². The lowest BCUT2D eigenvalue weighted by atomic mass is 10.1. The smallest absolute Gasteiger partial charge is 0.172 e. The second-order valence-electron chi connectivity index (χ2n) is 3.09. The largest absolute Gasteiger partial charge is 0.325 e. The van der Waals surface area contributed by atoms with Crippen molar-refractivity contribution in [3.63, 3.8) is 0 Å². The minimum atomic E-state index is -2.06. The molecule has 1 aromatic rings. The van der Waals surface area contributed by atoms with Crippen LogP contribution >= 0.6 is 0 Å². The lowest BCUT2D eigenvalue weighted by molar-refractivity contribution is 0.523. The molecule has 14 heavy (non-hydrogen) atoms. The maximum Gasteiger partial charge on any atom is 0.172 e. The summed E-state index contributed by atoms with van der Waals surface area (Å²) in [5.41, 5.74) is 12.1. The minimum absolute atomic E-state index is 0.497. The molecule has 0 aliphatic carbocycles. The van der Waals surface area contributed by atoms with Crippen LogP contribution in [0.5, 0.6) is 0 Å². The van der Waals surface area contributed by atoms with Crippen LogP contribution in [0.2, 0.25) is 0 Å². The number of rotatable bonds is 4. The zero-order valence-corrected chi connectivity index (χ0v) is 8.48. The van der Waals surface area contributed by atoms with Crippen molar-refractivity contribution in [3.8, 4) is 0 Å². The van der Waals surface area contributed by atoms with Crippen LogP contribution in [0.3, 0.4) is 0 Å². The van der Waals surface area contributed by atoms with Gasteiger partial charge in [-0.1, -0.05) is 30.3 Å². The Kier molecular flexibility index (Phi) is 4.21. The molecule has 0 aliphatic heterocycles. The van der Waals surface area contributed by atoms with Crippen molar-refractivity contribution in [2.24, 2.45) is 11.5 Å². The third-order valence-corrected chi connectivity index (χ3v) is 2.78. The topological polar surface area (TPSA) is 89.3 Å².